The Morgan fingerprint density at radius 1 is 1.57 bits per heavy atom. The standard InChI is InChI=1S/C9H12FNO3/c1-6(10)9(3-8(13)14)4-11(5-9)7(2)12/h1,3-5H2,2H3,(H,13,14). The first-order valence-corrected chi connectivity index (χ1v) is 4.19. The largest absolute Gasteiger partial charge is 0.481 e. The Morgan fingerprint density at radius 2 is 2.07 bits per heavy atom. The molecule has 1 aliphatic rings. The minimum absolute atomic E-state index is 0.115. The lowest BCUT2D eigenvalue weighted by Gasteiger charge is -2.47. The van der Waals surface area contributed by atoms with Gasteiger partial charge in [-0.2, -0.15) is 0 Å². The molecule has 4 nitrogen and oxygen atoms in total. The second-order valence-electron chi connectivity index (χ2n) is 3.63. The molecule has 1 heterocycles. The Hall–Kier alpha value is -1.39. The molecule has 14 heavy (non-hydrogen) atoms. The van der Waals surface area contributed by atoms with Crippen LogP contribution < -0.4 is 0 Å². The first kappa shape index (κ1) is 10.7. The normalized spacial score (nSPS) is 18.6. The number of halogens is 1. The number of likely N-dealkylation sites (tertiary alicyclic amines) is 1. The van der Waals surface area contributed by atoms with E-state index in [4.69, 9.17) is 5.11 Å². The lowest BCUT2D eigenvalue weighted by Crippen LogP contribution is -2.58. The highest BCUT2D eigenvalue weighted by Gasteiger charge is 2.48. The summed E-state index contributed by atoms with van der Waals surface area (Å²) in [4.78, 5) is 22.7. The molecule has 0 saturated carbocycles. The molecule has 1 rings (SSSR count). The molecule has 0 spiro atoms. The molecule has 0 radical (unpaired) electrons. The van der Waals surface area contributed by atoms with E-state index in [1.807, 2.05) is 0 Å². The van der Waals surface area contributed by atoms with Crippen LogP contribution in [0.2, 0.25) is 0 Å². The van der Waals surface area contributed by atoms with Crippen LogP contribution in [0.3, 0.4) is 0 Å². The predicted octanol–water partition coefficient (Wildman–Crippen LogP) is 0.793. The van der Waals surface area contributed by atoms with Crippen molar-refractivity contribution in [2.24, 2.45) is 5.41 Å². The van der Waals surface area contributed by atoms with Crippen LogP contribution in [0.1, 0.15) is 13.3 Å². The maximum Gasteiger partial charge on any atom is 0.304 e. The van der Waals surface area contributed by atoms with E-state index in [1.165, 1.54) is 11.8 Å². The van der Waals surface area contributed by atoms with Gasteiger partial charge in [-0.05, 0) is 0 Å². The lowest BCUT2D eigenvalue weighted by molar-refractivity contribution is -0.149. The highest BCUT2D eigenvalue weighted by atomic mass is 19.1. The minimum atomic E-state index is -1.08. The van der Waals surface area contributed by atoms with Gasteiger partial charge >= 0.3 is 5.97 Å². The molecular formula is C9H12FNO3. The SMILES string of the molecule is C=C(F)C1(CC(=O)O)CN(C(C)=O)C1. The third kappa shape index (κ3) is 1.76. The third-order valence-corrected chi connectivity index (χ3v) is 2.50. The highest BCUT2D eigenvalue weighted by Crippen LogP contribution is 2.40. The molecule has 1 fully saturated rings. The molecule has 0 bridgehead atoms. The minimum Gasteiger partial charge on any atom is -0.481 e. The van der Waals surface area contributed by atoms with E-state index < -0.39 is 17.2 Å². The van der Waals surface area contributed by atoms with E-state index in [-0.39, 0.29) is 25.4 Å². The van der Waals surface area contributed by atoms with Gasteiger partial charge in [-0.25, -0.2) is 4.39 Å². The van der Waals surface area contributed by atoms with Crippen LogP contribution in [-0.4, -0.2) is 35.0 Å². The summed E-state index contributed by atoms with van der Waals surface area (Å²) in [5.74, 6) is -1.91. The number of hydrogen-bond donors (Lipinski definition) is 1. The van der Waals surface area contributed by atoms with Crippen LogP contribution >= 0.6 is 0 Å². The van der Waals surface area contributed by atoms with E-state index in [2.05, 4.69) is 6.58 Å². The number of aliphatic carboxylic acids is 1. The van der Waals surface area contributed by atoms with Crippen molar-refractivity contribution in [3.05, 3.63) is 12.4 Å². The zero-order chi connectivity index (χ0) is 10.9. The zero-order valence-electron chi connectivity index (χ0n) is 7.92. The van der Waals surface area contributed by atoms with Crippen molar-refractivity contribution in [1.29, 1.82) is 0 Å². The number of carboxylic acid groups (broad SMARTS) is 1. The van der Waals surface area contributed by atoms with E-state index in [9.17, 15) is 14.0 Å². The molecule has 0 aromatic carbocycles. The molecule has 1 aliphatic heterocycles. The van der Waals surface area contributed by atoms with Crippen molar-refractivity contribution < 1.29 is 19.1 Å². The molecule has 1 N–H and O–H groups in total. The quantitative estimate of drug-likeness (QED) is 0.734. The number of carboxylic acids is 1. The van der Waals surface area contributed by atoms with Gasteiger partial charge in [0.05, 0.1) is 11.8 Å². The molecule has 0 aromatic heterocycles. The Balaban J connectivity index is 2.67. The molecule has 0 aliphatic carbocycles. The van der Waals surface area contributed by atoms with Crippen molar-refractivity contribution in [3.8, 4) is 0 Å². The van der Waals surface area contributed by atoms with Gasteiger partial charge in [0.15, 0.2) is 0 Å². The van der Waals surface area contributed by atoms with Crippen molar-refractivity contribution >= 4 is 11.9 Å². The van der Waals surface area contributed by atoms with Gasteiger partial charge in [-0.1, -0.05) is 6.58 Å². The number of carbonyl (C=O) groups is 2. The summed E-state index contributed by atoms with van der Waals surface area (Å²) in [5.41, 5.74) is -1.06. The van der Waals surface area contributed by atoms with E-state index >= 15 is 0 Å². The fourth-order valence-electron chi connectivity index (χ4n) is 1.58. The molecule has 5 heteroatoms. The molecule has 0 unspecified atom stereocenters. The Bertz CT molecular complexity index is 294. The van der Waals surface area contributed by atoms with Gasteiger partial charge in [0, 0.05) is 20.0 Å². The molecule has 0 aromatic rings. The average molecular weight is 201 g/mol. The number of amides is 1. The topological polar surface area (TPSA) is 57.6 Å². The smallest absolute Gasteiger partial charge is 0.304 e. The summed E-state index contributed by atoms with van der Waals surface area (Å²) in [6, 6.07) is 0. The maximum absolute atomic E-state index is 13.0. The van der Waals surface area contributed by atoms with Gasteiger partial charge in [0.25, 0.3) is 0 Å². The molecular weight excluding hydrogens is 189 g/mol. The van der Waals surface area contributed by atoms with Crippen LogP contribution in [0.25, 0.3) is 0 Å². The van der Waals surface area contributed by atoms with Crippen LogP contribution in [0, 0.1) is 5.41 Å². The zero-order valence-corrected chi connectivity index (χ0v) is 7.92. The second-order valence-corrected chi connectivity index (χ2v) is 3.63. The maximum atomic E-state index is 13.0. The van der Waals surface area contributed by atoms with Crippen molar-refractivity contribution in [1.82, 2.24) is 4.90 Å². The number of rotatable bonds is 3. The second kappa shape index (κ2) is 3.40. The summed E-state index contributed by atoms with van der Waals surface area (Å²) < 4.78 is 13.0. The van der Waals surface area contributed by atoms with Gasteiger partial charge in [0.1, 0.15) is 5.83 Å². The monoisotopic (exact) mass is 201 g/mol. The first-order chi connectivity index (χ1) is 6.37. The number of carbonyl (C=O) groups excluding carboxylic acids is 1. The summed E-state index contributed by atoms with van der Waals surface area (Å²) >= 11 is 0. The molecule has 0 atom stereocenters. The van der Waals surface area contributed by atoms with Crippen molar-refractivity contribution in [2.75, 3.05) is 13.1 Å². The van der Waals surface area contributed by atoms with Gasteiger partial charge in [-0.15, -0.1) is 0 Å². The van der Waals surface area contributed by atoms with Crippen LogP contribution in [0.4, 0.5) is 4.39 Å². The van der Waals surface area contributed by atoms with Gasteiger partial charge in [0.2, 0.25) is 5.91 Å². The fraction of sp³-hybridized carbons (Fsp3) is 0.556. The summed E-state index contributed by atoms with van der Waals surface area (Å²) in [6.45, 7) is 4.73. The number of hydrogen-bond acceptors (Lipinski definition) is 2. The summed E-state index contributed by atoms with van der Waals surface area (Å²) in [5, 5.41) is 8.58. The highest BCUT2D eigenvalue weighted by molar-refractivity contribution is 5.76. The van der Waals surface area contributed by atoms with Crippen molar-refractivity contribution in [2.45, 2.75) is 13.3 Å². The van der Waals surface area contributed by atoms with Crippen LogP contribution in [0.5, 0.6) is 0 Å². The van der Waals surface area contributed by atoms with Crippen LogP contribution in [0.15, 0.2) is 12.4 Å². The Morgan fingerprint density at radius 3 is 2.36 bits per heavy atom. The van der Waals surface area contributed by atoms with E-state index in [0.717, 1.165) is 0 Å². The first-order valence-electron chi connectivity index (χ1n) is 4.19. The lowest BCUT2D eigenvalue weighted by atomic mass is 9.76. The Labute approximate surface area is 81.0 Å². The van der Waals surface area contributed by atoms with Crippen molar-refractivity contribution in [3.63, 3.8) is 0 Å². The van der Waals surface area contributed by atoms with Gasteiger partial charge in [-0.3, -0.25) is 9.59 Å². The third-order valence-electron chi connectivity index (χ3n) is 2.50. The predicted molar refractivity (Wildman–Crippen MR) is 47.2 cm³/mol. The van der Waals surface area contributed by atoms with Crippen LogP contribution in [-0.2, 0) is 9.59 Å². The van der Waals surface area contributed by atoms with E-state index in [0.29, 0.717) is 0 Å². The summed E-state index contributed by atoms with van der Waals surface area (Å²) in [6.07, 6.45) is -0.313. The van der Waals surface area contributed by atoms with E-state index in [1.54, 1.807) is 0 Å². The molecule has 1 saturated heterocycles. The molecule has 1 amide bonds. The molecule has 78 valence electrons. The summed E-state index contributed by atoms with van der Waals surface area (Å²) in [7, 11) is 0. The Kier molecular flexibility index (Phi) is 2.59. The fourth-order valence-corrected chi connectivity index (χ4v) is 1.58. The van der Waals surface area contributed by atoms with Gasteiger partial charge < -0.3 is 10.0 Å². The number of nitrogens with zero attached hydrogens (tertiary/aromatic N) is 1. The average Bonchev–Trinajstić information content (AvgIpc) is 1.93.